The van der Waals surface area contributed by atoms with Crippen molar-refractivity contribution in [2.45, 2.75) is 20.0 Å². The minimum atomic E-state index is -0.183. The third-order valence-electron chi connectivity index (χ3n) is 6.17. The highest BCUT2D eigenvalue weighted by molar-refractivity contribution is 9.10. The molecule has 1 aliphatic rings. The summed E-state index contributed by atoms with van der Waals surface area (Å²) < 4.78 is 7.05. The van der Waals surface area contributed by atoms with Crippen molar-refractivity contribution in [3.8, 4) is 0 Å². The summed E-state index contributed by atoms with van der Waals surface area (Å²) >= 11 is 3.43. The Hall–Kier alpha value is -4.10. The summed E-state index contributed by atoms with van der Waals surface area (Å²) in [6.45, 7) is 3.68. The van der Waals surface area contributed by atoms with Crippen molar-refractivity contribution >= 4 is 39.5 Å². The number of ether oxygens (including phenoxy) is 1. The second-order valence-corrected chi connectivity index (χ2v) is 9.89. The van der Waals surface area contributed by atoms with Crippen LogP contribution in [-0.4, -0.2) is 36.3 Å². The highest BCUT2D eigenvalue weighted by Crippen LogP contribution is 2.23. The molecule has 3 aromatic carbocycles. The van der Waals surface area contributed by atoms with Gasteiger partial charge in [0.15, 0.2) is 5.76 Å². The number of nitrogens with zero attached hydrogens (tertiary/aromatic N) is 1. The summed E-state index contributed by atoms with van der Waals surface area (Å²) in [7, 11) is 0. The fourth-order valence-electron chi connectivity index (χ4n) is 4.13. The van der Waals surface area contributed by atoms with Crippen LogP contribution in [0, 0.1) is 0 Å². The molecule has 0 radical (unpaired) electrons. The lowest BCUT2D eigenvalue weighted by atomic mass is 10.1. The van der Waals surface area contributed by atoms with E-state index in [1.54, 1.807) is 4.90 Å². The minimum Gasteiger partial charge on any atom is -0.483 e. The minimum absolute atomic E-state index is 0.175. The first-order valence-electron chi connectivity index (χ1n) is 13.0. The number of rotatable bonds is 10. The van der Waals surface area contributed by atoms with Crippen LogP contribution in [0.3, 0.4) is 0 Å². The van der Waals surface area contributed by atoms with Gasteiger partial charge in [-0.15, -0.1) is 0 Å². The molecule has 0 saturated carbocycles. The number of nitrogens with one attached hydrogen (secondary N) is 2. The van der Waals surface area contributed by atoms with Gasteiger partial charge in [0, 0.05) is 41.8 Å². The normalized spacial score (nSPS) is 14.2. The van der Waals surface area contributed by atoms with E-state index < -0.39 is 0 Å². The topological polar surface area (TPSA) is 70.7 Å². The first kappa shape index (κ1) is 27.9. The number of Topliss-reactive ketones (excluding diaryl/α,β-unsaturated/α-hetero) is 1. The predicted molar refractivity (Wildman–Crippen MR) is 160 cm³/mol. The van der Waals surface area contributed by atoms with Crippen LogP contribution in [0.25, 0.3) is 6.08 Å². The van der Waals surface area contributed by atoms with Crippen LogP contribution in [0.4, 0.5) is 10.5 Å². The van der Waals surface area contributed by atoms with Crippen LogP contribution in [0.1, 0.15) is 24.5 Å². The van der Waals surface area contributed by atoms with Gasteiger partial charge in [-0.1, -0.05) is 94.8 Å². The number of halogens is 1. The molecule has 0 heterocycles. The third-order valence-corrected chi connectivity index (χ3v) is 6.67. The average Bonchev–Trinajstić information content (AvgIpc) is 3.09. The van der Waals surface area contributed by atoms with Crippen molar-refractivity contribution in [2.75, 3.05) is 25.0 Å². The summed E-state index contributed by atoms with van der Waals surface area (Å²) in [6, 6.07) is 26.8. The van der Waals surface area contributed by atoms with Crippen LogP contribution in [-0.2, 0) is 16.1 Å². The van der Waals surface area contributed by atoms with E-state index in [0.29, 0.717) is 43.1 Å². The van der Waals surface area contributed by atoms with Crippen molar-refractivity contribution in [3.63, 3.8) is 0 Å². The molecule has 2 N–H and O–H groups in total. The van der Waals surface area contributed by atoms with Gasteiger partial charge < -0.3 is 20.3 Å². The SMILES string of the molecule is CCN(CCNC1=C(OCc2ccccc2)C(=O)C(=Cc2ccccc2)C=CC1)C(=O)Nc1cccc(Br)c1. The first-order chi connectivity index (χ1) is 19.0. The van der Waals surface area contributed by atoms with Crippen LogP contribution in [0.2, 0.25) is 0 Å². The molecule has 7 heteroatoms. The van der Waals surface area contributed by atoms with E-state index in [0.717, 1.165) is 21.3 Å². The largest absolute Gasteiger partial charge is 0.483 e. The summed E-state index contributed by atoms with van der Waals surface area (Å²) in [5.74, 6) is 0.124. The van der Waals surface area contributed by atoms with Gasteiger partial charge in [-0.3, -0.25) is 4.79 Å². The zero-order valence-electron chi connectivity index (χ0n) is 21.9. The fraction of sp³-hybridized carbons (Fsp3) is 0.188. The maximum Gasteiger partial charge on any atom is 0.321 e. The van der Waals surface area contributed by atoms with Crippen LogP contribution < -0.4 is 10.6 Å². The fourth-order valence-corrected chi connectivity index (χ4v) is 4.53. The zero-order chi connectivity index (χ0) is 27.5. The van der Waals surface area contributed by atoms with Crippen molar-refractivity contribution in [1.82, 2.24) is 10.2 Å². The van der Waals surface area contributed by atoms with Crippen molar-refractivity contribution in [2.24, 2.45) is 0 Å². The molecule has 39 heavy (non-hydrogen) atoms. The molecule has 0 aliphatic heterocycles. The Morgan fingerprint density at radius 1 is 1.03 bits per heavy atom. The molecule has 0 aromatic heterocycles. The number of urea groups is 1. The molecule has 3 aromatic rings. The summed E-state index contributed by atoms with van der Waals surface area (Å²) in [6.07, 6.45) is 6.20. The number of carbonyl (C=O) groups is 2. The van der Waals surface area contributed by atoms with E-state index in [2.05, 4.69) is 26.6 Å². The van der Waals surface area contributed by atoms with Gasteiger partial charge in [0.25, 0.3) is 0 Å². The van der Waals surface area contributed by atoms with E-state index in [9.17, 15) is 9.59 Å². The number of ketones is 1. The Bertz CT molecular complexity index is 1370. The molecule has 2 amide bonds. The molecule has 0 saturated heterocycles. The van der Waals surface area contributed by atoms with Crippen LogP contribution in [0.5, 0.6) is 0 Å². The smallest absolute Gasteiger partial charge is 0.321 e. The second kappa shape index (κ2) is 14.2. The van der Waals surface area contributed by atoms with Crippen LogP contribution in [0.15, 0.2) is 119 Å². The number of benzene rings is 3. The van der Waals surface area contributed by atoms with Crippen molar-refractivity contribution in [3.05, 3.63) is 130 Å². The molecule has 0 spiro atoms. The number of carbonyl (C=O) groups excluding carboxylic acids is 2. The van der Waals surface area contributed by atoms with Gasteiger partial charge in [0.1, 0.15) is 6.61 Å². The van der Waals surface area contributed by atoms with E-state index >= 15 is 0 Å². The average molecular weight is 587 g/mol. The van der Waals surface area contributed by atoms with Crippen molar-refractivity contribution in [1.29, 1.82) is 0 Å². The lowest BCUT2D eigenvalue weighted by Crippen LogP contribution is -2.39. The molecule has 200 valence electrons. The molecule has 4 rings (SSSR count). The Morgan fingerprint density at radius 2 is 1.77 bits per heavy atom. The van der Waals surface area contributed by atoms with E-state index in [1.165, 1.54) is 0 Å². The van der Waals surface area contributed by atoms with Crippen LogP contribution >= 0.6 is 15.9 Å². The molecular formula is C32H32BrN3O3. The summed E-state index contributed by atoms with van der Waals surface area (Å²) in [4.78, 5) is 28.2. The highest BCUT2D eigenvalue weighted by atomic mass is 79.9. The lowest BCUT2D eigenvalue weighted by molar-refractivity contribution is -0.115. The molecule has 0 unspecified atom stereocenters. The van der Waals surface area contributed by atoms with E-state index in [-0.39, 0.29) is 18.4 Å². The number of hydrogen-bond acceptors (Lipinski definition) is 4. The van der Waals surface area contributed by atoms with E-state index in [1.807, 2.05) is 110 Å². The standard InChI is InChI=1S/C32H32BrN3O3/c1-2-36(32(38)35-28-17-10-16-27(33)22-28)20-19-34-29-18-9-15-26(21-24-11-5-3-6-12-24)30(37)31(29)39-23-25-13-7-4-8-14-25/h3-17,21-22,34H,2,18-20,23H2,1H3,(H,35,38). The van der Waals surface area contributed by atoms with Gasteiger partial charge in [-0.25, -0.2) is 4.79 Å². The van der Waals surface area contributed by atoms with Gasteiger partial charge in [0.05, 0.1) is 5.70 Å². The number of anilines is 1. The lowest BCUT2D eigenvalue weighted by Gasteiger charge is -2.23. The number of allylic oxidation sites excluding steroid dienone is 3. The highest BCUT2D eigenvalue weighted by Gasteiger charge is 2.23. The summed E-state index contributed by atoms with van der Waals surface area (Å²) in [5, 5.41) is 6.32. The van der Waals surface area contributed by atoms with Crippen molar-refractivity contribution < 1.29 is 14.3 Å². The molecular weight excluding hydrogens is 554 g/mol. The Balaban J connectivity index is 1.49. The van der Waals surface area contributed by atoms with Gasteiger partial charge in [-0.05, 0) is 42.3 Å². The number of likely N-dealkylation sites (N-methyl/N-ethyl adjacent to an activating group) is 1. The maximum atomic E-state index is 13.7. The zero-order valence-corrected chi connectivity index (χ0v) is 23.5. The van der Waals surface area contributed by atoms with Gasteiger partial charge in [-0.2, -0.15) is 0 Å². The molecule has 0 bridgehead atoms. The maximum absolute atomic E-state index is 13.7. The Morgan fingerprint density at radius 3 is 2.49 bits per heavy atom. The monoisotopic (exact) mass is 585 g/mol. The molecule has 0 atom stereocenters. The molecule has 1 aliphatic carbocycles. The number of amides is 2. The Kier molecular flexibility index (Phi) is 10.1. The molecule has 6 nitrogen and oxygen atoms in total. The first-order valence-corrected chi connectivity index (χ1v) is 13.8. The summed E-state index contributed by atoms with van der Waals surface area (Å²) in [5.41, 5.74) is 3.90. The third kappa shape index (κ3) is 8.19. The quantitative estimate of drug-likeness (QED) is 0.253. The predicted octanol–water partition coefficient (Wildman–Crippen LogP) is 6.93. The second-order valence-electron chi connectivity index (χ2n) is 8.97. The van der Waals surface area contributed by atoms with Gasteiger partial charge in [0.2, 0.25) is 5.78 Å². The Labute approximate surface area is 238 Å². The van der Waals surface area contributed by atoms with E-state index in [4.69, 9.17) is 4.74 Å². The van der Waals surface area contributed by atoms with Gasteiger partial charge >= 0.3 is 6.03 Å². The number of hydrogen-bond donors (Lipinski definition) is 2. The molecule has 0 fully saturated rings.